The number of nitrogens with zero attached hydrogens (tertiary/aromatic N) is 1. The van der Waals surface area contributed by atoms with Gasteiger partial charge >= 0.3 is 6.18 Å². The maximum Gasteiger partial charge on any atom is 0.416 e. The molecule has 34 heavy (non-hydrogen) atoms. The molecular formula is C26H28F3NO4. The maximum absolute atomic E-state index is 12.9. The van der Waals surface area contributed by atoms with Crippen molar-refractivity contribution in [2.45, 2.75) is 20.0 Å². The molecule has 5 nitrogen and oxygen atoms in total. The second-order valence-corrected chi connectivity index (χ2v) is 7.52. The molecule has 0 radical (unpaired) electrons. The highest BCUT2D eigenvalue weighted by molar-refractivity contribution is 5.98. The fourth-order valence-corrected chi connectivity index (χ4v) is 3.44. The predicted molar refractivity (Wildman–Crippen MR) is 125 cm³/mol. The first-order valence-electron chi connectivity index (χ1n) is 11.2. The van der Waals surface area contributed by atoms with Crippen molar-refractivity contribution in [2.24, 2.45) is 0 Å². The zero-order valence-electron chi connectivity index (χ0n) is 19.2. The molecule has 0 bridgehead atoms. The average molecular weight is 476 g/mol. The van der Waals surface area contributed by atoms with Crippen molar-refractivity contribution in [1.82, 2.24) is 4.90 Å². The highest BCUT2D eigenvalue weighted by Gasteiger charge is 2.29. The first-order chi connectivity index (χ1) is 16.3. The van der Waals surface area contributed by atoms with E-state index < -0.39 is 11.7 Å². The normalized spacial score (nSPS) is 15.0. The summed E-state index contributed by atoms with van der Waals surface area (Å²) < 4.78 is 55.2. The van der Waals surface area contributed by atoms with Crippen LogP contribution in [0.2, 0.25) is 0 Å². The molecule has 0 saturated carbocycles. The van der Waals surface area contributed by atoms with E-state index in [0.717, 1.165) is 17.7 Å². The Morgan fingerprint density at radius 3 is 2.26 bits per heavy atom. The van der Waals surface area contributed by atoms with Gasteiger partial charge in [0.2, 0.25) is 5.91 Å². The van der Waals surface area contributed by atoms with E-state index in [1.807, 2.05) is 19.9 Å². The molecule has 0 aliphatic carbocycles. The Hall–Kier alpha value is -3.26. The highest BCUT2D eigenvalue weighted by atomic mass is 19.4. The number of carbonyl (C=O) groups is 1. The molecule has 8 heteroatoms. The molecule has 3 rings (SSSR count). The van der Waals surface area contributed by atoms with Crippen LogP contribution in [0.5, 0.6) is 11.5 Å². The molecule has 1 heterocycles. The largest absolute Gasteiger partial charge is 0.490 e. The quantitative estimate of drug-likeness (QED) is 0.376. The van der Waals surface area contributed by atoms with Crippen LogP contribution in [-0.4, -0.2) is 50.3 Å². The van der Waals surface area contributed by atoms with Crippen LogP contribution >= 0.6 is 0 Å². The summed E-state index contributed by atoms with van der Waals surface area (Å²) in [6.07, 6.45) is 0.523. The number of amides is 1. The lowest BCUT2D eigenvalue weighted by atomic mass is 10.0. The standard InChI is InChI=1S/C26H28F3NO4/c1-3-33-23-12-9-20(17-24(23)34-4-2)21(18-25(31)30-13-15-32-16-14-30)8-5-19-6-10-22(11-7-19)26(27,28)29/h5-12,17-18H,3-4,13-16H2,1-2H3/b8-5+,21-18-. The predicted octanol–water partition coefficient (Wildman–Crippen LogP) is 5.46. The Kier molecular flexibility index (Phi) is 8.76. The van der Waals surface area contributed by atoms with Crippen LogP contribution in [0.1, 0.15) is 30.5 Å². The van der Waals surface area contributed by atoms with E-state index in [1.54, 1.807) is 29.2 Å². The SMILES string of the molecule is CCOc1ccc(C(=C\C(=O)N2CCOCC2)/C=C/c2ccc(C(F)(F)F)cc2)cc1OCC. The van der Waals surface area contributed by atoms with E-state index in [2.05, 4.69) is 0 Å². The molecule has 182 valence electrons. The maximum atomic E-state index is 12.9. The third kappa shape index (κ3) is 6.87. The summed E-state index contributed by atoms with van der Waals surface area (Å²) in [4.78, 5) is 14.6. The van der Waals surface area contributed by atoms with Gasteiger partial charge in [-0.3, -0.25) is 4.79 Å². The number of hydrogen-bond donors (Lipinski definition) is 0. The monoisotopic (exact) mass is 475 g/mol. The van der Waals surface area contributed by atoms with Crippen molar-refractivity contribution < 1.29 is 32.2 Å². The van der Waals surface area contributed by atoms with Crippen molar-refractivity contribution in [3.63, 3.8) is 0 Å². The zero-order valence-corrected chi connectivity index (χ0v) is 19.2. The van der Waals surface area contributed by atoms with Crippen LogP contribution in [0.3, 0.4) is 0 Å². The van der Waals surface area contributed by atoms with E-state index in [1.165, 1.54) is 18.2 Å². The minimum absolute atomic E-state index is 0.165. The molecule has 0 spiro atoms. The van der Waals surface area contributed by atoms with Gasteiger partial charge in [-0.05, 0) is 54.8 Å². The van der Waals surface area contributed by atoms with Crippen molar-refractivity contribution >= 4 is 17.6 Å². The third-order valence-corrected chi connectivity index (χ3v) is 5.17. The molecule has 0 atom stereocenters. The molecule has 0 N–H and O–H groups in total. The summed E-state index contributed by atoms with van der Waals surface area (Å²) in [6.45, 7) is 6.62. The molecular weight excluding hydrogens is 447 g/mol. The van der Waals surface area contributed by atoms with Gasteiger partial charge in [0.25, 0.3) is 0 Å². The summed E-state index contributed by atoms with van der Waals surface area (Å²) in [5.41, 5.74) is 1.18. The van der Waals surface area contributed by atoms with E-state index in [9.17, 15) is 18.0 Å². The molecule has 0 unspecified atom stereocenters. The van der Waals surface area contributed by atoms with Crippen molar-refractivity contribution in [2.75, 3.05) is 39.5 Å². The van der Waals surface area contributed by atoms with Crippen LogP contribution in [0, 0.1) is 0 Å². The first-order valence-corrected chi connectivity index (χ1v) is 11.2. The number of rotatable bonds is 8. The lowest BCUT2D eigenvalue weighted by Crippen LogP contribution is -2.39. The Bertz CT molecular complexity index is 1020. The summed E-state index contributed by atoms with van der Waals surface area (Å²) in [5.74, 6) is 0.982. The Labute approximate surface area is 197 Å². The summed E-state index contributed by atoms with van der Waals surface area (Å²) >= 11 is 0. The Morgan fingerprint density at radius 1 is 1.00 bits per heavy atom. The smallest absolute Gasteiger partial charge is 0.416 e. The highest BCUT2D eigenvalue weighted by Crippen LogP contribution is 2.32. The number of allylic oxidation sites excluding steroid dienone is 2. The van der Waals surface area contributed by atoms with Crippen LogP contribution < -0.4 is 9.47 Å². The Balaban J connectivity index is 1.95. The fourth-order valence-electron chi connectivity index (χ4n) is 3.44. The van der Waals surface area contributed by atoms with Crippen molar-refractivity contribution in [1.29, 1.82) is 0 Å². The van der Waals surface area contributed by atoms with E-state index in [4.69, 9.17) is 14.2 Å². The van der Waals surface area contributed by atoms with Gasteiger partial charge in [-0.25, -0.2) is 0 Å². The number of morpholine rings is 1. The van der Waals surface area contributed by atoms with Crippen LogP contribution in [0.15, 0.2) is 54.6 Å². The van der Waals surface area contributed by atoms with Gasteiger partial charge in [0, 0.05) is 19.2 Å². The molecule has 1 aliphatic rings. The summed E-state index contributed by atoms with van der Waals surface area (Å²) in [7, 11) is 0. The molecule has 2 aromatic carbocycles. The molecule has 1 aliphatic heterocycles. The van der Waals surface area contributed by atoms with Gasteiger partial charge in [0.1, 0.15) is 0 Å². The number of halogens is 3. The lowest BCUT2D eigenvalue weighted by molar-refractivity contribution is -0.137. The van der Waals surface area contributed by atoms with E-state index in [-0.39, 0.29) is 5.91 Å². The number of alkyl halides is 3. The minimum atomic E-state index is -4.39. The van der Waals surface area contributed by atoms with Gasteiger partial charge < -0.3 is 19.1 Å². The van der Waals surface area contributed by atoms with Gasteiger partial charge in [0.05, 0.1) is 32.0 Å². The van der Waals surface area contributed by atoms with Gasteiger partial charge in [-0.15, -0.1) is 0 Å². The van der Waals surface area contributed by atoms with E-state index in [0.29, 0.717) is 62.2 Å². The molecule has 1 saturated heterocycles. The zero-order chi connectivity index (χ0) is 24.6. The van der Waals surface area contributed by atoms with Crippen molar-refractivity contribution in [3.8, 4) is 11.5 Å². The first kappa shape index (κ1) is 25.4. The van der Waals surface area contributed by atoms with Crippen LogP contribution in [0.25, 0.3) is 11.6 Å². The molecule has 2 aromatic rings. The van der Waals surface area contributed by atoms with Crippen LogP contribution in [-0.2, 0) is 15.7 Å². The molecule has 1 fully saturated rings. The third-order valence-electron chi connectivity index (χ3n) is 5.17. The number of hydrogen-bond acceptors (Lipinski definition) is 4. The summed E-state index contributed by atoms with van der Waals surface area (Å²) in [6, 6.07) is 10.3. The summed E-state index contributed by atoms with van der Waals surface area (Å²) in [5, 5.41) is 0. The van der Waals surface area contributed by atoms with Crippen molar-refractivity contribution in [3.05, 3.63) is 71.3 Å². The molecule has 1 amide bonds. The average Bonchev–Trinajstić information content (AvgIpc) is 2.83. The van der Waals surface area contributed by atoms with Gasteiger partial charge in [0.15, 0.2) is 11.5 Å². The Morgan fingerprint density at radius 2 is 1.65 bits per heavy atom. The number of ether oxygens (including phenoxy) is 3. The van der Waals surface area contributed by atoms with Crippen LogP contribution in [0.4, 0.5) is 13.2 Å². The molecule has 0 aromatic heterocycles. The van der Waals surface area contributed by atoms with Gasteiger partial charge in [-0.2, -0.15) is 13.2 Å². The fraction of sp³-hybridized carbons (Fsp3) is 0.346. The number of benzene rings is 2. The van der Waals surface area contributed by atoms with Gasteiger partial charge in [-0.1, -0.05) is 30.4 Å². The second-order valence-electron chi connectivity index (χ2n) is 7.52. The number of carbonyl (C=O) groups excluding carboxylic acids is 1. The lowest BCUT2D eigenvalue weighted by Gasteiger charge is -2.26. The minimum Gasteiger partial charge on any atom is -0.490 e. The van der Waals surface area contributed by atoms with E-state index >= 15 is 0 Å². The topological polar surface area (TPSA) is 48.0 Å². The second kappa shape index (κ2) is 11.7.